The number of likely N-dealkylation sites (tertiary alicyclic amines) is 1. The van der Waals surface area contributed by atoms with Crippen LogP contribution in [-0.4, -0.2) is 60.8 Å². The van der Waals surface area contributed by atoms with Gasteiger partial charge in [0.25, 0.3) is 0 Å². The summed E-state index contributed by atoms with van der Waals surface area (Å²) in [5.41, 5.74) is 0.897. The Labute approximate surface area is 158 Å². The first-order chi connectivity index (χ1) is 13.3. The molecule has 0 amide bonds. The average molecular weight is 366 g/mol. The number of hydrogen-bond donors (Lipinski definition) is 1. The number of H-pyrrole nitrogens is 1. The van der Waals surface area contributed by atoms with Crippen LogP contribution in [0.3, 0.4) is 0 Å². The van der Waals surface area contributed by atoms with Gasteiger partial charge in [-0.1, -0.05) is 0 Å². The molecule has 8 heteroatoms. The summed E-state index contributed by atoms with van der Waals surface area (Å²) >= 11 is 0. The Morgan fingerprint density at radius 1 is 1.11 bits per heavy atom. The van der Waals surface area contributed by atoms with Gasteiger partial charge in [-0.3, -0.25) is 4.90 Å². The summed E-state index contributed by atoms with van der Waals surface area (Å²) in [5.74, 6) is 3.59. The maximum Gasteiger partial charge on any atom is 0.146 e. The van der Waals surface area contributed by atoms with Gasteiger partial charge in [-0.2, -0.15) is 0 Å². The fourth-order valence-corrected chi connectivity index (χ4v) is 4.50. The van der Waals surface area contributed by atoms with E-state index in [0.29, 0.717) is 5.92 Å². The van der Waals surface area contributed by atoms with E-state index in [1.807, 2.05) is 6.20 Å². The van der Waals surface area contributed by atoms with Crippen LogP contribution in [0.5, 0.6) is 0 Å². The number of fused-ring (bicyclic) bond motifs is 1. The standard InChI is InChI=1S/C19H26N8/c1-25-16(12-26-8-2-3-9-26)23-24-18(25)14-5-4-10-27(11-14)19-15-6-7-20-17(15)21-13-22-19/h6-7,13-14H,2-5,8-12H2,1H3,(H,20,21,22). The van der Waals surface area contributed by atoms with Gasteiger partial charge in [-0.05, 0) is 44.8 Å². The molecule has 5 rings (SSSR count). The highest BCUT2D eigenvalue weighted by Gasteiger charge is 2.28. The van der Waals surface area contributed by atoms with Gasteiger partial charge in [0.15, 0.2) is 0 Å². The number of hydrogen-bond acceptors (Lipinski definition) is 6. The Hall–Kier alpha value is -2.48. The number of nitrogens with zero attached hydrogens (tertiary/aromatic N) is 7. The van der Waals surface area contributed by atoms with Crippen molar-refractivity contribution in [3.63, 3.8) is 0 Å². The van der Waals surface area contributed by atoms with E-state index in [1.165, 1.54) is 25.9 Å². The molecule has 0 aliphatic carbocycles. The Bertz CT molecular complexity index is 923. The van der Waals surface area contributed by atoms with E-state index in [9.17, 15) is 0 Å². The SMILES string of the molecule is Cn1c(CN2CCCC2)nnc1C1CCCN(c2ncnc3[nH]ccc23)C1. The molecule has 1 unspecified atom stereocenters. The minimum Gasteiger partial charge on any atom is -0.355 e. The van der Waals surface area contributed by atoms with Gasteiger partial charge in [0.05, 0.1) is 11.9 Å². The van der Waals surface area contributed by atoms with Crippen LogP contribution in [0.25, 0.3) is 11.0 Å². The lowest BCUT2D eigenvalue weighted by Gasteiger charge is -2.33. The number of aromatic nitrogens is 6. The van der Waals surface area contributed by atoms with Gasteiger partial charge < -0.3 is 14.5 Å². The van der Waals surface area contributed by atoms with Crippen molar-refractivity contribution in [2.75, 3.05) is 31.1 Å². The van der Waals surface area contributed by atoms with E-state index >= 15 is 0 Å². The summed E-state index contributed by atoms with van der Waals surface area (Å²) in [6.45, 7) is 5.22. The molecule has 1 atom stereocenters. The maximum absolute atomic E-state index is 4.58. The third-order valence-corrected chi connectivity index (χ3v) is 5.98. The second-order valence-electron chi connectivity index (χ2n) is 7.74. The molecule has 0 aromatic carbocycles. The minimum absolute atomic E-state index is 0.382. The molecule has 2 aliphatic rings. The molecule has 0 radical (unpaired) electrons. The third-order valence-electron chi connectivity index (χ3n) is 5.98. The molecule has 0 bridgehead atoms. The maximum atomic E-state index is 4.58. The van der Waals surface area contributed by atoms with Gasteiger partial charge in [-0.25, -0.2) is 9.97 Å². The molecule has 0 saturated carbocycles. The minimum atomic E-state index is 0.382. The summed E-state index contributed by atoms with van der Waals surface area (Å²) in [7, 11) is 2.12. The summed E-state index contributed by atoms with van der Waals surface area (Å²) in [5, 5.41) is 10.2. The van der Waals surface area contributed by atoms with Gasteiger partial charge in [0.2, 0.25) is 0 Å². The molecule has 3 aromatic heterocycles. The van der Waals surface area contributed by atoms with E-state index in [0.717, 1.165) is 61.0 Å². The normalized spacial score (nSPS) is 21.4. The van der Waals surface area contributed by atoms with Gasteiger partial charge >= 0.3 is 0 Å². The number of anilines is 1. The molecule has 27 heavy (non-hydrogen) atoms. The Morgan fingerprint density at radius 3 is 2.89 bits per heavy atom. The van der Waals surface area contributed by atoms with E-state index in [1.54, 1.807) is 6.33 Å². The molecule has 8 nitrogen and oxygen atoms in total. The Balaban J connectivity index is 1.37. The third kappa shape index (κ3) is 3.07. The number of nitrogens with one attached hydrogen (secondary N) is 1. The molecular weight excluding hydrogens is 340 g/mol. The van der Waals surface area contributed by atoms with Gasteiger partial charge in [0, 0.05) is 32.3 Å². The largest absolute Gasteiger partial charge is 0.355 e. The average Bonchev–Trinajstić information content (AvgIpc) is 3.44. The fraction of sp³-hybridized carbons (Fsp3) is 0.579. The van der Waals surface area contributed by atoms with Crippen molar-refractivity contribution >= 4 is 16.9 Å². The van der Waals surface area contributed by atoms with E-state index in [2.05, 4.69) is 52.6 Å². The fourth-order valence-electron chi connectivity index (χ4n) is 4.50. The van der Waals surface area contributed by atoms with E-state index in [4.69, 9.17) is 0 Å². The van der Waals surface area contributed by atoms with Crippen LogP contribution in [0.1, 0.15) is 43.3 Å². The summed E-state index contributed by atoms with van der Waals surface area (Å²) in [4.78, 5) is 16.9. The van der Waals surface area contributed by atoms with Crippen molar-refractivity contribution in [3.05, 3.63) is 30.2 Å². The smallest absolute Gasteiger partial charge is 0.146 e. The Kier molecular flexibility index (Phi) is 4.27. The van der Waals surface area contributed by atoms with Crippen molar-refractivity contribution in [1.29, 1.82) is 0 Å². The van der Waals surface area contributed by atoms with E-state index in [-0.39, 0.29) is 0 Å². The molecule has 142 valence electrons. The first-order valence-corrected chi connectivity index (χ1v) is 9.93. The zero-order chi connectivity index (χ0) is 18.2. The highest BCUT2D eigenvalue weighted by molar-refractivity contribution is 5.87. The quantitative estimate of drug-likeness (QED) is 0.761. The number of aromatic amines is 1. The van der Waals surface area contributed by atoms with Crippen LogP contribution < -0.4 is 4.90 Å². The van der Waals surface area contributed by atoms with Gasteiger partial charge in [0.1, 0.15) is 29.4 Å². The van der Waals surface area contributed by atoms with Crippen LogP contribution in [0.2, 0.25) is 0 Å². The molecule has 5 heterocycles. The summed E-state index contributed by atoms with van der Waals surface area (Å²) in [6.07, 6.45) is 8.46. The first kappa shape index (κ1) is 16.7. The molecule has 3 aromatic rings. The monoisotopic (exact) mass is 366 g/mol. The second-order valence-corrected chi connectivity index (χ2v) is 7.74. The van der Waals surface area contributed by atoms with Crippen LogP contribution >= 0.6 is 0 Å². The van der Waals surface area contributed by atoms with Crippen molar-refractivity contribution in [3.8, 4) is 0 Å². The molecule has 2 fully saturated rings. The van der Waals surface area contributed by atoms with Crippen LogP contribution in [-0.2, 0) is 13.6 Å². The molecule has 2 aliphatic heterocycles. The van der Waals surface area contributed by atoms with Crippen LogP contribution in [0.4, 0.5) is 5.82 Å². The lowest BCUT2D eigenvalue weighted by atomic mass is 9.97. The summed E-state index contributed by atoms with van der Waals surface area (Å²) < 4.78 is 2.22. The van der Waals surface area contributed by atoms with Crippen molar-refractivity contribution in [2.24, 2.45) is 7.05 Å². The molecule has 0 spiro atoms. The lowest BCUT2D eigenvalue weighted by Crippen LogP contribution is -2.36. The van der Waals surface area contributed by atoms with Gasteiger partial charge in [-0.15, -0.1) is 10.2 Å². The molecular formula is C19H26N8. The zero-order valence-electron chi connectivity index (χ0n) is 15.8. The molecule has 1 N–H and O–H groups in total. The Morgan fingerprint density at radius 2 is 2.00 bits per heavy atom. The number of rotatable bonds is 4. The number of piperidine rings is 1. The van der Waals surface area contributed by atoms with Crippen LogP contribution in [0, 0.1) is 0 Å². The first-order valence-electron chi connectivity index (χ1n) is 9.93. The highest BCUT2D eigenvalue weighted by Crippen LogP contribution is 2.31. The molecule has 2 saturated heterocycles. The highest BCUT2D eigenvalue weighted by atomic mass is 15.3. The van der Waals surface area contributed by atoms with Crippen LogP contribution in [0.15, 0.2) is 18.6 Å². The second kappa shape index (κ2) is 6.92. The topological polar surface area (TPSA) is 78.8 Å². The zero-order valence-corrected chi connectivity index (χ0v) is 15.8. The van der Waals surface area contributed by atoms with Crippen molar-refractivity contribution in [2.45, 2.75) is 38.1 Å². The van der Waals surface area contributed by atoms with E-state index < -0.39 is 0 Å². The summed E-state index contributed by atoms with van der Waals surface area (Å²) in [6, 6.07) is 2.06. The predicted molar refractivity (Wildman–Crippen MR) is 104 cm³/mol. The van der Waals surface area contributed by atoms with Crippen molar-refractivity contribution in [1.82, 2.24) is 34.6 Å². The predicted octanol–water partition coefficient (Wildman–Crippen LogP) is 2.07. The lowest BCUT2D eigenvalue weighted by molar-refractivity contribution is 0.317. The van der Waals surface area contributed by atoms with Crippen molar-refractivity contribution < 1.29 is 0 Å².